The monoisotopic (exact) mass is 320 g/mol. The molecule has 1 aliphatic carbocycles. The van der Waals surface area contributed by atoms with E-state index in [1.165, 1.54) is 17.6 Å². The predicted octanol–water partition coefficient (Wildman–Crippen LogP) is 4.43. The lowest BCUT2D eigenvalue weighted by atomic mass is 9.76. The summed E-state index contributed by atoms with van der Waals surface area (Å²) in [5, 5.41) is 16.6. The number of para-hydroxylation sites is 1. The summed E-state index contributed by atoms with van der Waals surface area (Å²) in [5.74, 6) is 0. The molecule has 24 heavy (non-hydrogen) atoms. The van der Waals surface area contributed by atoms with Crippen molar-refractivity contribution in [2.45, 2.75) is 38.1 Å². The van der Waals surface area contributed by atoms with Gasteiger partial charge in [-0.1, -0.05) is 49.2 Å². The van der Waals surface area contributed by atoms with Crippen molar-refractivity contribution in [2.75, 3.05) is 11.9 Å². The van der Waals surface area contributed by atoms with E-state index in [1.54, 1.807) is 0 Å². The zero-order chi connectivity index (χ0) is 16.4. The van der Waals surface area contributed by atoms with Gasteiger partial charge in [0.05, 0.1) is 12.0 Å². The molecule has 0 unspecified atom stereocenters. The quantitative estimate of drug-likeness (QED) is 0.668. The minimum absolute atomic E-state index is 0.0125. The largest absolute Gasteiger partial charge is 0.623 e. The van der Waals surface area contributed by atoms with E-state index in [0.717, 1.165) is 36.2 Å². The Balaban J connectivity index is 1.61. The summed E-state index contributed by atoms with van der Waals surface area (Å²) in [6.45, 7) is 0.700. The molecular formula is C21H24N2O. The summed E-state index contributed by atoms with van der Waals surface area (Å²) in [6.07, 6.45) is 5.75. The van der Waals surface area contributed by atoms with Crippen LogP contribution >= 0.6 is 0 Å². The molecule has 0 amide bonds. The number of benzene rings is 2. The second-order valence-electron chi connectivity index (χ2n) is 7.13. The van der Waals surface area contributed by atoms with Crippen LogP contribution in [0.3, 0.4) is 0 Å². The first kappa shape index (κ1) is 15.3. The highest BCUT2D eigenvalue weighted by atomic mass is 16.5. The first-order valence-corrected chi connectivity index (χ1v) is 8.97. The van der Waals surface area contributed by atoms with Gasteiger partial charge in [-0.05, 0) is 37.1 Å². The number of hydroxylamine groups is 1. The van der Waals surface area contributed by atoms with Gasteiger partial charge in [-0.15, -0.1) is 0 Å². The van der Waals surface area contributed by atoms with Crippen molar-refractivity contribution in [1.29, 1.82) is 0 Å². The molecule has 0 saturated heterocycles. The third-order valence-electron chi connectivity index (χ3n) is 5.60. The number of hydrogen-bond donors (Lipinski definition) is 1. The van der Waals surface area contributed by atoms with Crippen LogP contribution in [0.2, 0.25) is 0 Å². The standard InChI is InChI=1S/C21H24N2O/c24-23-19(16-22-18-11-5-2-6-12-18)15-21(13-7-8-14-21)20(23)17-9-3-1-4-10-17/h1-6,9-12,19,22H,7-8,13-16H2/t19-/m1/s1. The van der Waals surface area contributed by atoms with E-state index in [4.69, 9.17) is 0 Å². The zero-order valence-electron chi connectivity index (χ0n) is 13.9. The van der Waals surface area contributed by atoms with Crippen molar-refractivity contribution in [3.63, 3.8) is 0 Å². The van der Waals surface area contributed by atoms with Crippen LogP contribution < -0.4 is 5.32 Å². The molecule has 1 saturated carbocycles. The molecule has 0 aromatic heterocycles. The highest BCUT2D eigenvalue weighted by Crippen LogP contribution is 2.48. The lowest BCUT2D eigenvalue weighted by molar-refractivity contribution is -0.487. The Morgan fingerprint density at radius 3 is 2.25 bits per heavy atom. The predicted molar refractivity (Wildman–Crippen MR) is 98.4 cm³/mol. The summed E-state index contributed by atoms with van der Waals surface area (Å²) >= 11 is 0. The van der Waals surface area contributed by atoms with Gasteiger partial charge in [-0.2, -0.15) is 0 Å². The molecule has 1 fully saturated rings. The summed E-state index contributed by atoms with van der Waals surface area (Å²) in [7, 11) is 0. The first-order valence-electron chi connectivity index (χ1n) is 8.97. The smallest absolute Gasteiger partial charge is 0.201 e. The number of nitrogens with zero attached hydrogens (tertiary/aromatic N) is 1. The average molecular weight is 320 g/mol. The van der Waals surface area contributed by atoms with E-state index in [2.05, 4.69) is 29.6 Å². The fraction of sp³-hybridized carbons (Fsp3) is 0.381. The molecule has 1 atom stereocenters. The van der Waals surface area contributed by atoms with Crippen LogP contribution in [0.1, 0.15) is 37.7 Å². The molecule has 3 nitrogen and oxygen atoms in total. The Morgan fingerprint density at radius 1 is 0.958 bits per heavy atom. The van der Waals surface area contributed by atoms with Crippen molar-refractivity contribution >= 4 is 11.4 Å². The molecule has 0 bridgehead atoms. The maximum absolute atomic E-state index is 13.1. The molecule has 1 heterocycles. The van der Waals surface area contributed by atoms with Gasteiger partial charge in [0.2, 0.25) is 5.71 Å². The van der Waals surface area contributed by atoms with E-state index >= 15 is 0 Å². The molecular weight excluding hydrogens is 296 g/mol. The van der Waals surface area contributed by atoms with E-state index in [1.807, 2.05) is 36.4 Å². The second-order valence-corrected chi connectivity index (χ2v) is 7.13. The molecule has 1 N–H and O–H groups in total. The van der Waals surface area contributed by atoms with E-state index in [9.17, 15) is 5.21 Å². The maximum Gasteiger partial charge on any atom is 0.201 e. The molecule has 2 aromatic carbocycles. The normalized spacial score (nSPS) is 22.2. The molecule has 4 rings (SSSR count). The van der Waals surface area contributed by atoms with Crippen LogP contribution in [-0.2, 0) is 0 Å². The summed E-state index contributed by atoms with van der Waals surface area (Å²) < 4.78 is 1.32. The number of anilines is 1. The van der Waals surface area contributed by atoms with Gasteiger partial charge in [0.25, 0.3) is 0 Å². The molecule has 0 radical (unpaired) electrons. The minimum Gasteiger partial charge on any atom is -0.623 e. The maximum atomic E-state index is 13.1. The zero-order valence-corrected chi connectivity index (χ0v) is 13.9. The van der Waals surface area contributed by atoms with Crippen LogP contribution in [0.25, 0.3) is 0 Å². The number of rotatable bonds is 4. The van der Waals surface area contributed by atoms with Gasteiger partial charge in [0, 0.05) is 17.7 Å². The fourth-order valence-corrected chi connectivity index (χ4v) is 4.52. The Kier molecular flexibility index (Phi) is 4.01. The molecule has 2 aromatic rings. The Morgan fingerprint density at radius 2 is 1.58 bits per heavy atom. The van der Waals surface area contributed by atoms with Gasteiger partial charge < -0.3 is 10.5 Å². The molecule has 3 heteroatoms. The van der Waals surface area contributed by atoms with Crippen molar-refractivity contribution in [2.24, 2.45) is 5.41 Å². The van der Waals surface area contributed by atoms with Crippen LogP contribution in [0.15, 0.2) is 60.7 Å². The summed E-state index contributed by atoms with van der Waals surface area (Å²) in [6, 6.07) is 20.4. The number of hydrogen-bond acceptors (Lipinski definition) is 2. The van der Waals surface area contributed by atoms with Gasteiger partial charge in [-0.3, -0.25) is 0 Å². The highest BCUT2D eigenvalue weighted by molar-refractivity contribution is 6.02. The lowest BCUT2D eigenvalue weighted by Gasteiger charge is -2.21. The van der Waals surface area contributed by atoms with Crippen LogP contribution in [0.5, 0.6) is 0 Å². The van der Waals surface area contributed by atoms with E-state index in [0.29, 0.717) is 6.54 Å². The molecule has 1 aliphatic heterocycles. The highest BCUT2D eigenvalue weighted by Gasteiger charge is 2.52. The topological polar surface area (TPSA) is 38.1 Å². The minimum atomic E-state index is 0.0125. The van der Waals surface area contributed by atoms with Crippen molar-refractivity contribution in [3.8, 4) is 0 Å². The summed E-state index contributed by atoms with van der Waals surface area (Å²) in [5.41, 5.74) is 3.31. The Bertz CT molecular complexity index is 718. The van der Waals surface area contributed by atoms with Crippen molar-refractivity contribution in [3.05, 3.63) is 71.4 Å². The SMILES string of the molecule is [O-][N+]1=C(c2ccccc2)C2(CCCC2)C[C@@H]1CNc1ccccc1. The molecule has 124 valence electrons. The van der Waals surface area contributed by atoms with E-state index in [-0.39, 0.29) is 11.5 Å². The Hall–Kier alpha value is -2.29. The number of nitrogens with one attached hydrogen (secondary N) is 1. The van der Waals surface area contributed by atoms with Crippen molar-refractivity contribution < 1.29 is 4.74 Å². The van der Waals surface area contributed by atoms with Crippen LogP contribution in [-0.4, -0.2) is 23.0 Å². The molecule has 1 spiro atoms. The van der Waals surface area contributed by atoms with Crippen LogP contribution in [0, 0.1) is 10.6 Å². The van der Waals surface area contributed by atoms with Gasteiger partial charge in [-0.25, -0.2) is 4.74 Å². The first-order chi connectivity index (χ1) is 11.8. The average Bonchev–Trinajstić information content (AvgIpc) is 3.20. The fourth-order valence-electron chi connectivity index (χ4n) is 4.52. The summed E-state index contributed by atoms with van der Waals surface area (Å²) in [4.78, 5) is 0. The lowest BCUT2D eigenvalue weighted by Crippen LogP contribution is -2.27. The second kappa shape index (κ2) is 6.31. The van der Waals surface area contributed by atoms with E-state index < -0.39 is 0 Å². The molecule has 2 aliphatic rings. The van der Waals surface area contributed by atoms with Gasteiger partial charge in [0.1, 0.15) is 0 Å². The Labute approximate surface area is 143 Å². The van der Waals surface area contributed by atoms with Gasteiger partial charge >= 0.3 is 0 Å². The van der Waals surface area contributed by atoms with Crippen LogP contribution in [0.4, 0.5) is 5.69 Å². The van der Waals surface area contributed by atoms with Gasteiger partial charge in [0.15, 0.2) is 6.04 Å². The third-order valence-corrected chi connectivity index (χ3v) is 5.60. The third kappa shape index (κ3) is 2.68. The van der Waals surface area contributed by atoms with Crippen molar-refractivity contribution in [1.82, 2.24) is 0 Å².